The second kappa shape index (κ2) is 6.68. The number of phenolic OH excluding ortho intramolecular Hbond substituents is 2. The number of nitrogens with one attached hydrogen (secondary N) is 1. The van der Waals surface area contributed by atoms with E-state index in [0.717, 1.165) is 0 Å². The van der Waals surface area contributed by atoms with Crippen LogP contribution in [0.1, 0.15) is 15.9 Å². The van der Waals surface area contributed by atoms with Gasteiger partial charge in [0.05, 0.1) is 16.3 Å². The highest BCUT2D eigenvalue weighted by atomic mass is 79.9. The first-order chi connectivity index (χ1) is 10.0. The number of amides is 1. The Kier molecular flexibility index (Phi) is 4.92. The molecule has 6 nitrogen and oxygen atoms in total. The van der Waals surface area contributed by atoms with E-state index in [-0.39, 0.29) is 16.0 Å². The van der Waals surface area contributed by atoms with Crippen LogP contribution < -0.4 is 5.43 Å². The molecule has 0 bridgehead atoms. The van der Waals surface area contributed by atoms with Crippen molar-refractivity contribution in [2.45, 2.75) is 0 Å². The molecule has 8 heteroatoms. The van der Waals surface area contributed by atoms with Gasteiger partial charge >= 0.3 is 0 Å². The second-order valence-corrected chi connectivity index (χ2v) is 5.55. The Balaban J connectivity index is 2.14. The molecule has 0 aliphatic rings. The van der Waals surface area contributed by atoms with E-state index in [9.17, 15) is 15.0 Å². The maximum Gasteiger partial charge on any atom is 0.272 e. The summed E-state index contributed by atoms with van der Waals surface area (Å²) in [7, 11) is 0. The topological polar surface area (TPSA) is 94.8 Å². The molecule has 0 radical (unpaired) electrons. The molecule has 0 fully saturated rings. The zero-order valence-corrected chi connectivity index (χ0v) is 13.6. The molecule has 0 spiro atoms. The van der Waals surface area contributed by atoms with Crippen LogP contribution in [0.25, 0.3) is 0 Å². The number of rotatable bonds is 3. The van der Waals surface area contributed by atoms with Crippen LogP contribution in [-0.4, -0.2) is 27.3 Å². The van der Waals surface area contributed by atoms with Gasteiger partial charge in [-0.15, -0.1) is 0 Å². The number of pyridine rings is 1. The van der Waals surface area contributed by atoms with Gasteiger partial charge in [0.15, 0.2) is 0 Å². The molecule has 0 atom stereocenters. The Hall–Kier alpha value is -1.93. The Morgan fingerprint density at radius 3 is 2.76 bits per heavy atom. The van der Waals surface area contributed by atoms with Crippen molar-refractivity contribution in [3.05, 3.63) is 50.7 Å². The summed E-state index contributed by atoms with van der Waals surface area (Å²) < 4.78 is 0.518. The minimum Gasteiger partial charge on any atom is -0.506 e. The summed E-state index contributed by atoms with van der Waals surface area (Å²) in [6, 6.07) is 4.71. The molecule has 1 aromatic heterocycles. The zero-order valence-electron chi connectivity index (χ0n) is 10.4. The van der Waals surface area contributed by atoms with E-state index in [4.69, 9.17) is 0 Å². The van der Waals surface area contributed by atoms with E-state index >= 15 is 0 Å². The van der Waals surface area contributed by atoms with E-state index < -0.39 is 5.91 Å². The number of aromatic nitrogens is 1. The van der Waals surface area contributed by atoms with E-state index in [0.29, 0.717) is 15.6 Å². The lowest BCUT2D eigenvalue weighted by molar-refractivity contribution is 0.0954. The number of benzene rings is 1. The first kappa shape index (κ1) is 15.5. The van der Waals surface area contributed by atoms with Crippen molar-refractivity contribution in [1.29, 1.82) is 0 Å². The number of carbonyl (C=O) groups excluding carboxylic acids is 1. The second-order valence-electron chi connectivity index (χ2n) is 3.90. The summed E-state index contributed by atoms with van der Waals surface area (Å²) in [5.74, 6) is -0.727. The van der Waals surface area contributed by atoms with Gasteiger partial charge in [0.25, 0.3) is 5.91 Å². The van der Waals surface area contributed by atoms with Crippen LogP contribution in [0.2, 0.25) is 0 Å². The Morgan fingerprint density at radius 1 is 1.33 bits per heavy atom. The molecule has 21 heavy (non-hydrogen) atoms. The van der Waals surface area contributed by atoms with E-state index in [1.807, 2.05) is 0 Å². The third-order valence-electron chi connectivity index (χ3n) is 2.49. The Bertz CT molecular complexity index is 706. The molecule has 1 amide bonds. The fourth-order valence-electron chi connectivity index (χ4n) is 1.44. The SMILES string of the molecule is O=C(N/N=C/c1cc(Br)c(O)c(Br)c1O)c1cccnc1. The molecule has 2 aromatic rings. The molecule has 0 aliphatic heterocycles. The molecule has 0 saturated carbocycles. The number of hydrogen-bond donors (Lipinski definition) is 3. The van der Waals surface area contributed by atoms with Crippen molar-refractivity contribution in [2.75, 3.05) is 0 Å². The van der Waals surface area contributed by atoms with E-state index in [2.05, 4.69) is 47.4 Å². The van der Waals surface area contributed by atoms with Crippen molar-refractivity contribution in [1.82, 2.24) is 10.4 Å². The Morgan fingerprint density at radius 2 is 2.10 bits per heavy atom. The summed E-state index contributed by atoms with van der Waals surface area (Å²) in [6.45, 7) is 0. The first-order valence-corrected chi connectivity index (χ1v) is 7.22. The van der Waals surface area contributed by atoms with E-state index in [1.54, 1.807) is 18.3 Å². The van der Waals surface area contributed by atoms with Gasteiger partial charge < -0.3 is 10.2 Å². The normalized spacial score (nSPS) is 10.8. The fourth-order valence-corrected chi connectivity index (χ4v) is 2.59. The van der Waals surface area contributed by atoms with Gasteiger partial charge in [-0.1, -0.05) is 0 Å². The van der Waals surface area contributed by atoms with Crippen LogP contribution in [0, 0.1) is 0 Å². The van der Waals surface area contributed by atoms with Gasteiger partial charge in [0, 0.05) is 18.0 Å². The highest BCUT2D eigenvalue weighted by molar-refractivity contribution is 9.11. The largest absolute Gasteiger partial charge is 0.506 e. The third-order valence-corrected chi connectivity index (χ3v) is 3.85. The fraction of sp³-hybridized carbons (Fsp3) is 0. The van der Waals surface area contributed by atoms with Crippen molar-refractivity contribution >= 4 is 44.0 Å². The predicted octanol–water partition coefficient (Wildman–Crippen LogP) is 2.78. The standard InChI is InChI=1S/C13H9Br2N3O3/c14-9-4-8(11(19)10(15)12(9)20)6-17-18-13(21)7-2-1-3-16-5-7/h1-6,19-20H,(H,18,21)/b17-6+. The maximum absolute atomic E-state index is 11.7. The maximum atomic E-state index is 11.7. The zero-order chi connectivity index (χ0) is 15.4. The molecule has 1 heterocycles. The van der Waals surface area contributed by atoms with Crippen LogP contribution >= 0.6 is 31.9 Å². The lowest BCUT2D eigenvalue weighted by Gasteiger charge is -2.06. The average molecular weight is 415 g/mol. The van der Waals surface area contributed by atoms with Crippen LogP contribution in [0.4, 0.5) is 0 Å². The van der Waals surface area contributed by atoms with Gasteiger partial charge in [-0.25, -0.2) is 5.43 Å². The summed E-state index contributed by atoms with van der Waals surface area (Å²) >= 11 is 6.19. The summed E-state index contributed by atoms with van der Waals surface area (Å²) in [5, 5.41) is 23.2. The molecular weight excluding hydrogens is 406 g/mol. The summed E-state index contributed by atoms with van der Waals surface area (Å²) in [5.41, 5.74) is 3.00. The van der Waals surface area contributed by atoms with Crippen LogP contribution in [0.15, 0.2) is 44.6 Å². The molecule has 108 valence electrons. The highest BCUT2D eigenvalue weighted by Crippen LogP contribution is 2.40. The number of carbonyl (C=O) groups is 1. The molecule has 0 aliphatic carbocycles. The Labute approximate surface area is 136 Å². The van der Waals surface area contributed by atoms with Gasteiger partial charge in [0.2, 0.25) is 0 Å². The smallest absolute Gasteiger partial charge is 0.272 e. The molecule has 2 rings (SSSR count). The lowest BCUT2D eigenvalue weighted by Crippen LogP contribution is -2.17. The molecule has 1 aromatic carbocycles. The van der Waals surface area contributed by atoms with Crippen molar-refractivity contribution in [2.24, 2.45) is 5.10 Å². The monoisotopic (exact) mass is 413 g/mol. The van der Waals surface area contributed by atoms with Gasteiger partial charge in [-0.3, -0.25) is 9.78 Å². The highest BCUT2D eigenvalue weighted by Gasteiger charge is 2.12. The number of nitrogens with zero attached hydrogens (tertiary/aromatic N) is 2. The number of phenols is 2. The van der Waals surface area contributed by atoms with Gasteiger partial charge in [0.1, 0.15) is 16.0 Å². The first-order valence-electron chi connectivity index (χ1n) is 5.64. The molecule has 0 saturated heterocycles. The summed E-state index contributed by atoms with van der Waals surface area (Å²) in [6.07, 6.45) is 4.23. The predicted molar refractivity (Wildman–Crippen MR) is 84.5 cm³/mol. The van der Waals surface area contributed by atoms with Gasteiger partial charge in [-0.05, 0) is 50.1 Å². The third kappa shape index (κ3) is 3.59. The molecule has 0 unspecified atom stereocenters. The summed E-state index contributed by atoms with van der Waals surface area (Å²) in [4.78, 5) is 15.5. The van der Waals surface area contributed by atoms with Crippen LogP contribution in [0.3, 0.4) is 0 Å². The van der Waals surface area contributed by atoms with Crippen LogP contribution in [0.5, 0.6) is 11.5 Å². The van der Waals surface area contributed by atoms with E-state index in [1.165, 1.54) is 18.5 Å². The number of halogens is 2. The number of hydrazone groups is 1. The van der Waals surface area contributed by atoms with Crippen molar-refractivity contribution < 1.29 is 15.0 Å². The quantitative estimate of drug-likeness (QED) is 0.531. The minimum atomic E-state index is -0.421. The van der Waals surface area contributed by atoms with Crippen LogP contribution in [-0.2, 0) is 0 Å². The van der Waals surface area contributed by atoms with Crippen molar-refractivity contribution in [3.8, 4) is 11.5 Å². The molecular formula is C13H9Br2N3O3. The minimum absolute atomic E-state index is 0.121. The molecule has 3 N–H and O–H groups in total. The average Bonchev–Trinajstić information content (AvgIpc) is 2.51. The van der Waals surface area contributed by atoms with Gasteiger partial charge in [-0.2, -0.15) is 5.10 Å². The number of hydrogen-bond acceptors (Lipinski definition) is 5. The number of aromatic hydroxyl groups is 2. The van der Waals surface area contributed by atoms with Crippen molar-refractivity contribution in [3.63, 3.8) is 0 Å². The lowest BCUT2D eigenvalue weighted by atomic mass is 10.2.